The summed E-state index contributed by atoms with van der Waals surface area (Å²) in [7, 11) is 0. The van der Waals surface area contributed by atoms with Crippen molar-refractivity contribution in [1.82, 2.24) is 4.98 Å². The summed E-state index contributed by atoms with van der Waals surface area (Å²) in [5, 5.41) is 3.58. The molecule has 1 aromatic heterocycles. The molecule has 3 N–H and O–H groups in total. The number of nitrogens with zero attached hydrogens (tertiary/aromatic N) is 1. The Morgan fingerprint density at radius 3 is 2.85 bits per heavy atom. The number of aryl methyl sites for hydroxylation is 1. The summed E-state index contributed by atoms with van der Waals surface area (Å²) in [5.74, 6) is 0.335. The zero-order valence-corrected chi connectivity index (χ0v) is 12.6. The van der Waals surface area contributed by atoms with Crippen LogP contribution in [0.5, 0.6) is 5.75 Å². The van der Waals surface area contributed by atoms with Crippen molar-refractivity contribution in [2.24, 2.45) is 0 Å². The van der Waals surface area contributed by atoms with E-state index >= 15 is 0 Å². The SMILES string of the molecule is CCOc1ccc(NC(=O)c2sc(N)nc2C)cc1Cl. The summed E-state index contributed by atoms with van der Waals surface area (Å²) in [6.45, 7) is 4.15. The van der Waals surface area contributed by atoms with Crippen LogP contribution < -0.4 is 15.8 Å². The average Bonchev–Trinajstić information content (AvgIpc) is 2.72. The van der Waals surface area contributed by atoms with Crippen molar-refractivity contribution in [1.29, 1.82) is 0 Å². The highest BCUT2D eigenvalue weighted by atomic mass is 35.5. The molecule has 106 valence electrons. The molecule has 1 heterocycles. The molecular weight excluding hydrogens is 298 g/mol. The smallest absolute Gasteiger partial charge is 0.267 e. The highest BCUT2D eigenvalue weighted by Crippen LogP contribution is 2.28. The van der Waals surface area contributed by atoms with Crippen molar-refractivity contribution in [3.63, 3.8) is 0 Å². The highest BCUT2D eigenvalue weighted by molar-refractivity contribution is 7.17. The van der Waals surface area contributed by atoms with Crippen molar-refractivity contribution >= 4 is 39.7 Å². The molecule has 5 nitrogen and oxygen atoms in total. The molecule has 0 radical (unpaired) electrons. The number of aromatic nitrogens is 1. The van der Waals surface area contributed by atoms with Crippen LogP contribution in [0.2, 0.25) is 5.02 Å². The Kier molecular flexibility index (Phi) is 4.46. The summed E-state index contributed by atoms with van der Waals surface area (Å²) >= 11 is 7.22. The molecule has 0 unspecified atom stereocenters. The minimum Gasteiger partial charge on any atom is -0.492 e. The molecular formula is C13H14ClN3O2S. The largest absolute Gasteiger partial charge is 0.492 e. The van der Waals surface area contributed by atoms with Crippen LogP contribution in [0.3, 0.4) is 0 Å². The van der Waals surface area contributed by atoms with Crippen molar-refractivity contribution in [2.45, 2.75) is 13.8 Å². The lowest BCUT2D eigenvalue weighted by atomic mass is 10.3. The van der Waals surface area contributed by atoms with Gasteiger partial charge in [-0.25, -0.2) is 4.98 Å². The topological polar surface area (TPSA) is 77.2 Å². The van der Waals surface area contributed by atoms with Crippen LogP contribution in [0.25, 0.3) is 0 Å². The van der Waals surface area contributed by atoms with Crippen LogP contribution in [-0.4, -0.2) is 17.5 Å². The van der Waals surface area contributed by atoms with Gasteiger partial charge >= 0.3 is 0 Å². The molecule has 1 amide bonds. The fraction of sp³-hybridized carbons (Fsp3) is 0.231. The lowest BCUT2D eigenvalue weighted by Crippen LogP contribution is -2.11. The van der Waals surface area contributed by atoms with Gasteiger partial charge in [0.15, 0.2) is 5.13 Å². The molecule has 0 bridgehead atoms. The molecule has 1 aromatic carbocycles. The molecule has 0 fully saturated rings. The first-order chi connectivity index (χ1) is 9.51. The van der Waals surface area contributed by atoms with Gasteiger partial charge < -0.3 is 15.8 Å². The van der Waals surface area contributed by atoms with Gasteiger partial charge in [-0.1, -0.05) is 22.9 Å². The van der Waals surface area contributed by atoms with Crippen LogP contribution in [0.15, 0.2) is 18.2 Å². The predicted molar refractivity (Wildman–Crippen MR) is 81.8 cm³/mol. The number of nitrogen functional groups attached to an aromatic ring is 1. The summed E-state index contributed by atoms with van der Waals surface area (Å²) < 4.78 is 5.33. The van der Waals surface area contributed by atoms with Crippen LogP contribution in [0, 0.1) is 6.92 Å². The number of benzene rings is 1. The number of hydrogen-bond acceptors (Lipinski definition) is 5. The third-order valence-corrected chi connectivity index (χ3v) is 3.79. The van der Waals surface area contributed by atoms with Gasteiger partial charge in [-0.15, -0.1) is 0 Å². The first-order valence-electron chi connectivity index (χ1n) is 5.98. The molecule has 0 aliphatic rings. The minimum atomic E-state index is -0.253. The van der Waals surface area contributed by atoms with Gasteiger partial charge in [0.1, 0.15) is 10.6 Å². The van der Waals surface area contributed by atoms with E-state index in [1.165, 1.54) is 0 Å². The predicted octanol–water partition coefficient (Wildman–Crippen LogP) is 3.34. The number of thiazole rings is 1. The second kappa shape index (κ2) is 6.11. The normalized spacial score (nSPS) is 10.3. The quantitative estimate of drug-likeness (QED) is 0.908. The van der Waals surface area contributed by atoms with Crippen LogP contribution in [-0.2, 0) is 0 Å². The van der Waals surface area contributed by atoms with E-state index in [0.29, 0.717) is 38.8 Å². The first kappa shape index (κ1) is 14.6. The third kappa shape index (κ3) is 3.20. The van der Waals surface area contributed by atoms with Crippen LogP contribution in [0.4, 0.5) is 10.8 Å². The number of halogens is 1. The Morgan fingerprint density at radius 2 is 2.30 bits per heavy atom. The number of carbonyl (C=O) groups excluding carboxylic acids is 1. The van der Waals surface area contributed by atoms with Gasteiger partial charge in [0.05, 0.1) is 17.3 Å². The molecule has 0 saturated carbocycles. The van der Waals surface area contributed by atoms with Gasteiger partial charge in [0.2, 0.25) is 0 Å². The Bertz CT molecular complexity index is 643. The third-order valence-electron chi connectivity index (χ3n) is 2.51. The lowest BCUT2D eigenvalue weighted by molar-refractivity contribution is 0.103. The van der Waals surface area contributed by atoms with Gasteiger partial charge in [-0.2, -0.15) is 0 Å². The number of hydrogen-bond donors (Lipinski definition) is 2. The molecule has 0 aliphatic heterocycles. The van der Waals surface area contributed by atoms with Gasteiger partial charge in [0.25, 0.3) is 5.91 Å². The van der Waals surface area contributed by atoms with Crippen molar-refractivity contribution < 1.29 is 9.53 Å². The monoisotopic (exact) mass is 311 g/mol. The van der Waals surface area contributed by atoms with E-state index in [4.69, 9.17) is 22.1 Å². The van der Waals surface area contributed by atoms with E-state index < -0.39 is 0 Å². The highest BCUT2D eigenvalue weighted by Gasteiger charge is 2.14. The molecule has 2 aromatic rings. The summed E-state index contributed by atoms with van der Waals surface area (Å²) in [4.78, 5) is 16.6. The van der Waals surface area contributed by atoms with Gasteiger partial charge in [-0.3, -0.25) is 4.79 Å². The number of amides is 1. The molecule has 20 heavy (non-hydrogen) atoms. The average molecular weight is 312 g/mol. The molecule has 2 rings (SSSR count). The van der Waals surface area contributed by atoms with Crippen LogP contribution in [0.1, 0.15) is 22.3 Å². The van der Waals surface area contributed by atoms with Crippen molar-refractivity contribution in [2.75, 3.05) is 17.7 Å². The fourth-order valence-corrected chi connectivity index (χ4v) is 2.63. The van der Waals surface area contributed by atoms with E-state index in [9.17, 15) is 4.79 Å². The van der Waals surface area contributed by atoms with Gasteiger partial charge in [-0.05, 0) is 32.0 Å². The Hall–Kier alpha value is -1.79. The molecule has 0 aliphatic carbocycles. The maximum Gasteiger partial charge on any atom is 0.267 e. The molecule has 0 spiro atoms. The zero-order valence-electron chi connectivity index (χ0n) is 11.1. The number of rotatable bonds is 4. The second-order valence-electron chi connectivity index (χ2n) is 4.00. The Labute approximate surface area is 125 Å². The zero-order chi connectivity index (χ0) is 14.7. The summed E-state index contributed by atoms with van der Waals surface area (Å²) in [6, 6.07) is 5.09. The van der Waals surface area contributed by atoms with E-state index in [1.54, 1.807) is 25.1 Å². The Balaban J connectivity index is 2.16. The Morgan fingerprint density at radius 1 is 1.55 bits per heavy atom. The minimum absolute atomic E-state index is 0.253. The van der Waals surface area contributed by atoms with Gasteiger partial charge in [0, 0.05) is 5.69 Å². The number of nitrogens with two attached hydrogens (primary N) is 1. The fourth-order valence-electron chi connectivity index (χ4n) is 1.67. The van der Waals surface area contributed by atoms with Crippen molar-refractivity contribution in [3.8, 4) is 5.75 Å². The number of carbonyl (C=O) groups is 1. The second-order valence-corrected chi connectivity index (χ2v) is 5.44. The number of nitrogens with one attached hydrogen (secondary N) is 1. The van der Waals surface area contributed by atoms with E-state index in [0.717, 1.165) is 11.3 Å². The maximum absolute atomic E-state index is 12.1. The standard InChI is InChI=1S/C13H14ClN3O2S/c1-3-19-10-5-4-8(6-9(10)14)17-12(18)11-7(2)16-13(15)20-11/h4-6H,3H2,1-2H3,(H2,15,16)(H,17,18). The lowest BCUT2D eigenvalue weighted by Gasteiger charge is -2.08. The maximum atomic E-state index is 12.1. The van der Waals surface area contributed by atoms with Crippen molar-refractivity contribution in [3.05, 3.63) is 33.8 Å². The summed E-state index contributed by atoms with van der Waals surface area (Å²) in [6.07, 6.45) is 0. The summed E-state index contributed by atoms with van der Waals surface area (Å²) in [5.41, 5.74) is 6.78. The van der Waals surface area contributed by atoms with Crippen LogP contribution >= 0.6 is 22.9 Å². The first-order valence-corrected chi connectivity index (χ1v) is 7.17. The number of ether oxygens (including phenoxy) is 1. The molecule has 0 saturated heterocycles. The molecule has 0 atom stereocenters. The number of anilines is 2. The van der Waals surface area contributed by atoms with E-state index in [2.05, 4.69) is 10.3 Å². The van der Waals surface area contributed by atoms with E-state index in [1.807, 2.05) is 6.92 Å². The molecule has 7 heteroatoms. The van der Waals surface area contributed by atoms with E-state index in [-0.39, 0.29) is 5.91 Å².